The number of nitrogens with one attached hydrogen (secondary N) is 1. The summed E-state index contributed by atoms with van der Waals surface area (Å²) in [5.41, 5.74) is 5.37. The lowest BCUT2D eigenvalue weighted by molar-refractivity contribution is 0.0572. The average Bonchev–Trinajstić information content (AvgIpc) is 2.12. The van der Waals surface area contributed by atoms with Gasteiger partial charge in [-0.3, -0.25) is 5.41 Å². The van der Waals surface area contributed by atoms with E-state index < -0.39 is 0 Å². The largest absolute Gasteiger partial charge is 0.388 e. The van der Waals surface area contributed by atoms with Crippen LogP contribution in [-0.4, -0.2) is 43.1 Å². The molecule has 0 bridgehead atoms. The van der Waals surface area contributed by atoms with E-state index in [4.69, 9.17) is 15.9 Å². The zero-order valence-electron chi connectivity index (χ0n) is 11.1. The molecule has 0 rings (SSSR count). The number of hydrogen-bond donors (Lipinski definition) is 2. The van der Waals surface area contributed by atoms with E-state index >= 15 is 0 Å². The summed E-state index contributed by atoms with van der Waals surface area (Å²) in [5, 5.41) is 7.24. The SMILES string of the molecule is CC(C)CN(CCOC(C)C)CCC(=N)N. The molecule has 0 radical (unpaired) electrons. The van der Waals surface area contributed by atoms with Crippen molar-refractivity contribution in [2.75, 3.05) is 26.2 Å². The minimum atomic E-state index is 0.263. The van der Waals surface area contributed by atoms with Crippen LogP contribution in [0.2, 0.25) is 0 Å². The Hall–Kier alpha value is -0.610. The smallest absolute Gasteiger partial charge is 0.0918 e. The molecule has 96 valence electrons. The maximum atomic E-state index is 7.24. The van der Waals surface area contributed by atoms with Crippen LogP contribution in [0, 0.1) is 11.3 Å². The molecule has 0 spiro atoms. The summed E-state index contributed by atoms with van der Waals surface area (Å²) < 4.78 is 5.53. The molecule has 0 heterocycles. The van der Waals surface area contributed by atoms with Gasteiger partial charge in [0.15, 0.2) is 0 Å². The Labute approximate surface area is 99.7 Å². The number of rotatable bonds is 9. The van der Waals surface area contributed by atoms with Crippen molar-refractivity contribution in [3.63, 3.8) is 0 Å². The summed E-state index contributed by atoms with van der Waals surface area (Å²) in [7, 11) is 0. The zero-order chi connectivity index (χ0) is 12.6. The highest BCUT2D eigenvalue weighted by molar-refractivity contribution is 5.76. The van der Waals surface area contributed by atoms with Crippen LogP contribution in [0.3, 0.4) is 0 Å². The van der Waals surface area contributed by atoms with Crippen molar-refractivity contribution in [1.82, 2.24) is 4.90 Å². The third-order valence-electron chi connectivity index (χ3n) is 2.18. The van der Waals surface area contributed by atoms with E-state index in [9.17, 15) is 0 Å². The van der Waals surface area contributed by atoms with Crippen molar-refractivity contribution < 1.29 is 4.74 Å². The fourth-order valence-corrected chi connectivity index (χ4v) is 1.51. The second kappa shape index (κ2) is 8.53. The van der Waals surface area contributed by atoms with Gasteiger partial charge in [-0.15, -0.1) is 0 Å². The van der Waals surface area contributed by atoms with E-state index in [0.717, 1.165) is 26.2 Å². The number of amidine groups is 1. The van der Waals surface area contributed by atoms with Crippen LogP contribution in [0.1, 0.15) is 34.1 Å². The Kier molecular flexibility index (Phi) is 8.21. The molecule has 16 heavy (non-hydrogen) atoms. The quantitative estimate of drug-likeness (QED) is 0.467. The summed E-state index contributed by atoms with van der Waals surface area (Å²) in [6.45, 7) is 12.1. The van der Waals surface area contributed by atoms with E-state index in [0.29, 0.717) is 12.3 Å². The molecule has 0 amide bonds. The maximum Gasteiger partial charge on any atom is 0.0918 e. The first-order valence-electron chi connectivity index (χ1n) is 6.08. The first-order valence-corrected chi connectivity index (χ1v) is 6.08. The highest BCUT2D eigenvalue weighted by atomic mass is 16.5. The van der Waals surface area contributed by atoms with Crippen LogP contribution in [-0.2, 0) is 4.74 Å². The molecule has 0 aliphatic rings. The molecule has 4 nitrogen and oxygen atoms in total. The molecule has 0 aliphatic carbocycles. The van der Waals surface area contributed by atoms with Gasteiger partial charge in [0.25, 0.3) is 0 Å². The number of hydrogen-bond acceptors (Lipinski definition) is 3. The van der Waals surface area contributed by atoms with Crippen LogP contribution in [0.4, 0.5) is 0 Å². The average molecular weight is 229 g/mol. The molecule has 0 aliphatic heterocycles. The van der Waals surface area contributed by atoms with Crippen LogP contribution < -0.4 is 5.73 Å². The Morgan fingerprint density at radius 2 is 1.88 bits per heavy atom. The third kappa shape index (κ3) is 9.93. The van der Waals surface area contributed by atoms with Gasteiger partial charge in [0, 0.05) is 26.1 Å². The molecule has 0 aromatic heterocycles. The van der Waals surface area contributed by atoms with E-state index in [2.05, 4.69) is 18.7 Å². The lowest BCUT2D eigenvalue weighted by Gasteiger charge is -2.24. The zero-order valence-corrected chi connectivity index (χ0v) is 11.1. The molecule has 4 heteroatoms. The van der Waals surface area contributed by atoms with Crippen molar-refractivity contribution in [1.29, 1.82) is 5.41 Å². The number of nitrogens with two attached hydrogens (primary N) is 1. The first kappa shape index (κ1) is 15.4. The fraction of sp³-hybridized carbons (Fsp3) is 0.917. The van der Waals surface area contributed by atoms with E-state index in [-0.39, 0.29) is 11.9 Å². The predicted molar refractivity (Wildman–Crippen MR) is 68.9 cm³/mol. The third-order valence-corrected chi connectivity index (χ3v) is 2.18. The van der Waals surface area contributed by atoms with Crippen molar-refractivity contribution in [2.45, 2.75) is 40.2 Å². The van der Waals surface area contributed by atoms with Crippen LogP contribution in [0.15, 0.2) is 0 Å². The van der Waals surface area contributed by atoms with Crippen LogP contribution >= 0.6 is 0 Å². The molecular weight excluding hydrogens is 202 g/mol. The highest BCUT2D eigenvalue weighted by Crippen LogP contribution is 2.00. The van der Waals surface area contributed by atoms with Gasteiger partial charge in [-0.05, 0) is 19.8 Å². The Bertz CT molecular complexity index is 193. The van der Waals surface area contributed by atoms with Gasteiger partial charge >= 0.3 is 0 Å². The first-order chi connectivity index (χ1) is 7.41. The number of nitrogens with zero attached hydrogens (tertiary/aromatic N) is 1. The second-order valence-corrected chi connectivity index (χ2v) is 4.89. The van der Waals surface area contributed by atoms with Gasteiger partial charge in [-0.2, -0.15) is 0 Å². The molecule has 0 aromatic carbocycles. The topological polar surface area (TPSA) is 62.3 Å². The second-order valence-electron chi connectivity index (χ2n) is 4.89. The van der Waals surface area contributed by atoms with Crippen molar-refractivity contribution in [3.05, 3.63) is 0 Å². The molecule has 0 atom stereocenters. The molecular formula is C12H27N3O. The number of ether oxygens (including phenoxy) is 1. The Morgan fingerprint density at radius 1 is 1.25 bits per heavy atom. The van der Waals surface area contributed by atoms with Gasteiger partial charge in [-0.1, -0.05) is 13.8 Å². The monoisotopic (exact) mass is 229 g/mol. The minimum absolute atomic E-state index is 0.263. The summed E-state index contributed by atoms with van der Waals surface area (Å²) >= 11 is 0. The van der Waals surface area contributed by atoms with Crippen LogP contribution in [0.5, 0.6) is 0 Å². The predicted octanol–water partition coefficient (Wildman–Crippen LogP) is 1.70. The molecule has 0 aromatic rings. The summed E-state index contributed by atoms with van der Waals surface area (Å²) in [4.78, 5) is 2.31. The highest BCUT2D eigenvalue weighted by Gasteiger charge is 2.08. The molecule has 0 fully saturated rings. The van der Waals surface area contributed by atoms with Gasteiger partial charge in [0.05, 0.1) is 18.5 Å². The van der Waals surface area contributed by atoms with E-state index in [1.165, 1.54) is 0 Å². The standard InChI is InChI=1S/C12H27N3O/c1-10(2)9-15(6-5-12(13)14)7-8-16-11(3)4/h10-11H,5-9H2,1-4H3,(H3,13,14). The summed E-state index contributed by atoms with van der Waals surface area (Å²) in [6, 6.07) is 0. The maximum absolute atomic E-state index is 7.24. The lowest BCUT2D eigenvalue weighted by Crippen LogP contribution is -2.34. The van der Waals surface area contributed by atoms with E-state index in [1.54, 1.807) is 0 Å². The summed E-state index contributed by atoms with van der Waals surface area (Å²) in [6.07, 6.45) is 0.933. The lowest BCUT2D eigenvalue weighted by atomic mass is 10.2. The summed E-state index contributed by atoms with van der Waals surface area (Å²) in [5.74, 6) is 0.893. The van der Waals surface area contributed by atoms with Crippen molar-refractivity contribution >= 4 is 5.84 Å². The van der Waals surface area contributed by atoms with Gasteiger partial charge < -0.3 is 15.4 Å². The van der Waals surface area contributed by atoms with Crippen LogP contribution in [0.25, 0.3) is 0 Å². The van der Waals surface area contributed by atoms with Crippen molar-refractivity contribution in [2.24, 2.45) is 11.7 Å². The van der Waals surface area contributed by atoms with Gasteiger partial charge in [0.1, 0.15) is 0 Å². The van der Waals surface area contributed by atoms with E-state index in [1.807, 2.05) is 13.8 Å². The molecule has 0 saturated carbocycles. The fourth-order valence-electron chi connectivity index (χ4n) is 1.51. The Morgan fingerprint density at radius 3 is 2.31 bits per heavy atom. The van der Waals surface area contributed by atoms with Crippen molar-refractivity contribution in [3.8, 4) is 0 Å². The molecule has 0 saturated heterocycles. The van der Waals surface area contributed by atoms with Gasteiger partial charge in [-0.25, -0.2) is 0 Å². The molecule has 0 unspecified atom stereocenters. The normalized spacial score (nSPS) is 11.7. The molecule has 3 N–H and O–H groups in total. The van der Waals surface area contributed by atoms with Gasteiger partial charge in [0.2, 0.25) is 0 Å². The minimum Gasteiger partial charge on any atom is -0.388 e. The Balaban J connectivity index is 3.85.